The maximum absolute atomic E-state index is 13.1. The first-order chi connectivity index (χ1) is 12.2. The first-order valence-corrected chi connectivity index (χ1v) is 8.57. The van der Waals surface area contributed by atoms with Crippen LogP contribution in [0.4, 0.5) is 0 Å². The number of H-pyrrole nitrogens is 1. The number of aliphatic hydroxyl groups is 1. The van der Waals surface area contributed by atoms with Gasteiger partial charge in [0.2, 0.25) is 0 Å². The van der Waals surface area contributed by atoms with E-state index in [4.69, 9.17) is 4.74 Å². The molecule has 2 aliphatic rings. The van der Waals surface area contributed by atoms with E-state index in [1.165, 1.54) is 4.90 Å². The van der Waals surface area contributed by atoms with Gasteiger partial charge in [0.1, 0.15) is 17.9 Å². The third-order valence-corrected chi connectivity index (χ3v) is 5.00. The van der Waals surface area contributed by atoms with Crippen molar-refractivity contribution in [1.82, 2.24) is 9.88 Å². The summed E-state index contributed by atoms with van der Waals surface area (Å²) in [5, 5.41) is 9.92. The summed E-state index contributed by atoms with van der Waals surface area (Å²) < 4.78 is 5.71. The molecule has 0 fully saturated rings. The number of hydrogen-bond donors (Lipinski definition) is 2. The molecule has 130 valence electrons. The molecule has 25 heavy (non-hydrogen) atoms. The van der Waals surface area contributed by atoms with E-state index in [-0.39, 0.29) is 23.6 Å². The summed E-state index contributed by atoms with van der Waals surface area (Å²) >= 11 is 0. The second-order valence-electron chi connectivity index (χ2n) is 6.45. The van der Waals surface area contributed by atoms with Crippen molar-refractivity contribution in [3.8, 4) is 5.75 Å². The van der Waals surface area contributed by atoms with Crippen LogP contribution in [0.5, 0.6) is 5.75 Å². The third kappa shape index (κ3) is 2.72. The number of carbonyl (C=O) groups excluding carboxylic acids is 1. The Morgan fingerprint density at radius 1 is 1.32 bits per heavy atom. The molecule has 0 saturated carbocycles. The van der Waals surface area contributed by atoms with E-state index >= 15 is 0 Å². The first kappa shape index (κ1) is 15.9. The van der Waals surface area contributed by atoms with Gasteiger partial charge in [0.25, 0.3) is 11.5 Å². The second kappa shape index (κ2) is 6.37. The van der Waals surface area contributed by atoms with Crippen molar-refractivity contribution in [2.24, 2.45) is 0 Å². The quantitative estimate of drug-likeness (QED) is 0.866. The maximum Gasteiger partial charge on any atom is 0.261 e. The average Bonchev–Trinajstić information content (AvgIpc) is 2.98. The number of aromatic nitrogens is 1. The molecule has 1 unspecified atom stereocenters. The Morgan fingerprint density at radius 2 is 2.16 bits per heavy atom. The van der Waals surface area contributed by atoms with Gasteiger partial charge < -0.3 is 19.7 Å². The molecular weight excluding hydrogens is 320 g/mol. The number of nitrogens with one attached hydrogen (secondary N) is 1. The van der Waals surface area contributed by atoms with Crippen molar-refractivity contribution < 1.29 is 14.6 Å². The van der Waals surface area contributed by atoms with E-state index in [1.54, 1.807) is 6.07 Å². The molecule has 1 aliphatic heterocycles. The summed E-state index contributed by atoms with van der Waals surface area (Å²) in [4.78, 5) is 29.9. The molecule has 0 spiro atoms. The van der Waals surface area contributed by atoms with Gasteiger partial charge in [-0.25, -0.2) is 0 Å². The fourth-order valence-electron chi connectivity index (χ4n) is 3.73. The molecule has 4 rings (SSSR count). The average molecular weight is 340 g/mol. The van der Waals surface area contributed by atoms with Gasteiger partial charge in [-0.05, 0) is 37.0 Å². The topological polar surface area (TPSA) is 82.6 Å². The number of aromatic amines is 1. The zero-order valence-electron chi connectivity index (χ0n) is 13.8. The summed E-state index contributed by atoms with van der Waals surface area (Å²) in [6.45, 7) is 0.409. The number of nitrogens with zero attached hydrogens (tertiary/aromatic N) is 1. The Bertz CT molecular complexity index is 874. The summed E-state index contributed by atoms with van der Waals surface area (Å²) in [6.07, 6.45) is 2.72. The smallest absolute Gasteiger partial charge is 0.261 e. The number of aliphatic hydroxyl groups excluding tert-OH is 1. The SMILES string of the molecule is O=C(c1cc2c([nH]c1=O)CCC2)N1CCOc2ccccc2C1CO. The summed E-state index contributed by atoms with van der Waals surface area (Å²) in [5.74, 6) is 0.301. The fraction of sp³-hybridized carbons (Fsp3) is 0.368. The van der Waals surface area contributed by atoms with Crippen LogP contribution in [0.1, 0.15) is 39.6 Å². The number of ether oxygens (including phenoxy) is 1. The van der Waals surface area contributed by atoms with Crippen LogP contribution < -0.4 is 10.3 Å². The Labute approximate surface area is 145 Å². The monoisotopic (exact) mass is 340 g/mol. The van der Waals surface area contributed by atoms with Gasteiger partial charge >= 0.3 is 0 Å². The number of amides is 1. The molecule has 1 aromatic heterocycles. The van der Waals surface area contributed by atoms with Gasteiger partial charge in [0.15, 0.2) is 0 Å². The summed E-state index contributed by atoms with van der Waals surface area (Å²) in [5.41, 5.74) is 2.51. The number of aryl methyl sites for hydroxylation is 2. The normalized spacial score (nSPS) is 18.9. The minimum atomic E-state index is -0.529. The Balaban J connectivity index is 1.73. The number of benzene rings is 1. The van der Waals surface area contributed by atoms with E-state index in [1.807, 2.05) is 24.3 Å². The molecule has 6 nitrogen and oxygen atoms in total. The van der Waals surface area contributed by atoms with E-state index in [2.05, 4.69) is 4.98 Å². The zero-order chi connectivity index (χ0) is 17.4. The van der Waals surface area contributed by atoms with E-state index in [9.17, 15) is 14.7 Å². The lowest BCUT2D eigenvalue weighted by Crippen LogP contribution is -2.40. The minimum absolute atomic E-state index is 0.137. The van der Waals surface area contributed by atoms with Gasteiger partial charge in [0, 0.05) is 11.3 Å². The molecule has 0 saturated heterocycles. The molecule has 1 aromatic carbocycles. The molecule has 2 aromatic rings. The molecule has 2 heterocycles. The van der Waals surface area contributed by atoms with E-state index in [0.717, 1.165) is 36.1 Å². The number of hydrogen-bond acceptors (Lipinski definition) is 4. The van der Waals surface area contributed by atoms with Crippen molar-refractivity contribution in [3.63, 3.8) is 0 Å². The Hall–Kier alpha value is -2.60. The highest BCUT2D eigenvalue weighted by molar-refractivity contribution is 5.94. The van der Waals surface area contributed by atoms with Crippen molar-refractivity contribution in [3.05, 3.63) is 63.1 Å². The summed E-state index contributed by atoms with van der Waals surface area (Å²) in [6, 6.07) is 8.56. The number of pyridine rings is 1. The number of para-hydroxylation sites is 1. The number of fused-ring (bicyclic) bond motifs is 2. The fourth-order valence-corrected chi connectivity index (χ4v) is 3.73. The molecule has 0 bridgehead atoms. The first-order valence-electron chi connectivity index (χ1n) is 8.57. The molecule has 6 heteroatoms. The zero-order valence-corrected chi connectivity index (χ0v) is 13.8. The van der Waals surface area contributed by atoms with Crippen LogP contribution in [0.15, 0.2) is 35.1 Å². The highest BCUT2D eigenvalue weighted by atomic mass is 16.5. The Kier molecular flexibility index (Phi) is 4.05. The molecule has 2 N–H and O–H groups in total. The van der Waals surface area contributed by atoms with Crippen molar-refractivity contribution >= 4 is 5.91 Å². The van der Waals surface area contributed by atoms with Crippen LogP contribution in [0.2, 0.25) is 0 Å². The van der Waals surface area contributed by atoms with Crippen LogP contribution in [-0.2, 0) is 12.8 Å². The standard InChI is InChI=1S/C19H20N2O4/c22-11-16-13-5-1-2-7-17(13)25-9-8-21(16)19(24)14-10-12-4-3-6-15(12)20-18(14)23/h1-2,5,7,10,16,22H,3-4,6,8-9,11H2,(H,20,23). The van der Waals surface area contributed by atoms with E-state index < -0.39 is 6.04 Å². The lowest BCUT2D eigenvalue weighted by Gasteiger charge is -2.28. The van der Waals surface area contributed by atoms with Gasteiger partial charge in [-0.1, -0.05) is 18.2 Å². The second-order valence-corrected chi connectivity index (χ2v) is 6.45. The molecular formula is C19H20N2O4. The van der Waals surface area contributed by atoms with Gasteiger partial charge in [-0.15, -0.1) is 0 Å². The van der Waals surface area contributed by atoms with E-state index in [0.29, 0.717) is 18.9 Å². The van der Waals surface area contributed by atoms with Crippen LogP contribution in [-0.4, -0.2) is 40.7 Å². The molecule has 1 amide bonds. The van der Waals surface area contributed by atoms with Crippen LogP contribution in [0.3, 0.4) is 0 Å². The third-order valence-electron chi connectivity index (χ3n) is 5.00. The van der Waals surface area contributed by atoms with Crippen LogP contribution >= 0.6 is 0 Å². The van der Waals surface area contributed by atoms with Gasteiger partial charge in [-0.2, -0.15) is 0 Å². The predicted octanol–water partition coefficient (Wildman–Crippen LogP) is 1.43. The van der Waals surface area contributed by atoms with Gasteiger partial charge in [0.05, 0.1) is 19.2 Å². The summed E-state index contributed by atoms with van der Waals surface area (Å²) in [7, 11) is 0. The maximum atomic E-state index is 13.1. The Morgan fingerprint density at radius 3 is 3.00 bits per heavy atom. The predicted molar refractivity (Wildman–Crippen MR) is 91.9 cm³/mol. The van der Waals surface area contributed by atoms with Crippen molar-refractivity contribution in [2.45, 2.75) is 25.3 Å². The lowest BCUT2D eigenvalue weighted by molar-refractivity contribution is 0.0583. The van der Waals surface area contributed by atoms with Crippen LogP contribution in [0, 0.1) is 0 Å². The van der Waals surface area contributed by atoms with Crippen molar-refractivity contribution in [2.75, 3.05) is 19.8 Å². The molecule has 1 aliphatic carbocycles. The minimum Gasteiger partial charge on any atom is -0.491 e. The lowest BCUT2D eigenvalue weighted by atomic mass is 10.0. The van der Waals surface area contributed by atoms with Crippen LogP contribution in [0.25, 0.3) is 0 Å². The molecule has 1 atom stereocenters. The highest BCUT2D eigenvalue weighted by Crippen LogP contribution is 2.32. The number of carbonyl (C=O) groups is 1. The van der Waals surface area contributed by atoms with Crippen molar-refractivity contribution in [1.29, 1.82) is 0 Å². The largest absolute Gasteiger partial charge is 0.491 e. The van der Waals surface area contributed by atoms with Gasteiger partial charge in [-0.3, -0.25) is 9.59 Å². The molecule has 0 radical (unpaired) electrons. The highest BCUT2D eigenvalue weighted by Gasteiger charge is 2.31. The number of rotatable bonds is 2.